The van der Waals surface area contributed by atoms with E-state index in [-0.39, 0.29) is 5.91 Å². The van der Waals surface area contributed by atoms with E-state index < -0.39 is 0 Å². The van der Waals surface area contributed by atoms with E-state index in [1.165, 1.54) is 0 Å². The molecule has 0 aliphatic rings. The summed E-state index contributed by atoms with van der Waals surface area (Å²) in [6.45, 7) is 3.85. The van der Waals surface area contributed by atoms with Crippen LogP contribution in [0.3, 0.4) is 0 Å². The second kappa shape index (κ2) is 8.43. The highest BCUT2D eigenvalue weighted by molar-refractivity contribution is 5.78. The molecule has 1 amide bonds. The van der Waals surface area contributed by atoms with Gasteiger partial charge in [0.2, 0.25) is 5.91 Å². The standard InChI is InChI=1S/C15H24N2O3/c1-5-8-16-10-15(18)17(2)11-12-6-7-13(19-3)14(9-12)20-4/h6-7,9,16H,5,8,10-11H2,1-4H3. The van der Waals surface area contributed by atoms with E-state index in [0.29, 0.717) is 24.6 Å². The largest absolute Gasteiger partial charge is 0.493 e. The first kappa shape index (κ1) is 16.3. The molecule has 5 nitrogen and oxygen atoms in total. The number of hydrogen-bond acceptors (Lipinski definition) is 4. The molecule has 0 spiro atoms. The normalized spacial score (nSPS) is 10.2. The Morgan fingerprint density at radius 2 is 1.95 bits per heavy atom. The lowest BCUT2D eigenvalue weighted by atomic mass is 10.2. The summed E-state index contributed by atoms with van der Waals surface area (Å²) in [5, 5.41) is 3.11. The number of carbonyl (C=O) groups is 1. The minimum Gasteiger partial charge on any atom is -0.493 e. The topological polar surface area (TPSA) is 50.8 Å². The fourth-order valence-corrected chi connectivity index (χ4v) is 1.85. The van der Waals surface area contributed by atoms with E-state index >= 15 is 0 Å². The fraction of sp³-hybridized carbons (Fsp3) is 0.533. The molecule has 0 saturated carbocycles. The molecule has 0 aromatic heterocycles. The van der Waals surface area contributed by atoms with Crippen LogP contribution in [0.1, 0.15) is 18.9 Å². The Hall–Kier alpha value is -1.75. The van der Waals surface area contributed by atoms with Crippen molar-refractivity contribution in [3.63, 3.8) is 0 Å². The second-order valence-corrected chi connectivity index (χ2v) is 4.62. The van der Waals surface area contributed by atoms with E-state index in [1.54, 1.807) is 26.2 Å². The van der Waals surface area contributed by atoms with Crippen LogP contribution in [0, 0.1) is 0 Å². The van der Waals surface area contributed by atoms with Crippen molar-refractivity contribution in [2.24, 2.45) is 0 Å². The van der Waals surface area contributed by atoms with Gasteiger partial charge < -0.3 is 19.7 Å². The number of ether oxygens (including phenoxy) is 2. The van der Waals surface area contributed by atoms with Crippen molar-refractivity contribution in [2.45, 2.75) is 19.9 Å². The smallest absolute Gasteiger partial charge is 0.236 e. The number of rotatable bonds is 8. The van der Waals surface area contributed by atoms with Gasteiger partial charge in [-0.1, -0.05) is 13.0 Å². The molecule has 0 heterocycles. The second-order valence-electron chi connectivity index (χ2n) is 4.62. The number of carbonyl (C=O) groups excluding carboxylic acids is 1. The van der Waals surface area contributed by atoms with Gasteiger partial charge in [0.1, 0.15) is 0 Å². The lowest BCUT2D eigenvalue weighted by Gasteiger charge is -2.18. The highest BCUT2D eigenvalue weighted by atomic mass is 16.5. The van der Waals surface area contributed by atoms with Crippen LogP contribution in [-0.2, 0) is 11.3 Å². The lowest BCUT2D eigenvalue weighted by molar-refractivity contribution is -0.129. The van der Waals surface area contributed by atoms with E-state index in [2.05, 4.69) is 12.2 Å². The van der Waals surface area contributed by atoms with Crippen molar-refractivity contribution >= 4 is 5.91 Å². The minimum absolute atomic E-state index is 0.0771. The fourth-order valence-electron chi connectivity index (χ4n) is 1.85. The molecule has 0 fully saturated rings. The minimum atomic E-state index is 0.0771. The monoisotopic (exact) mass is 280 g/mol. The first-order valence-corrected chi connectivity index (χ1v) is 6.78. The third-order valence-corrected chi connectivity index (χ3v) is 3.00. The molecule has 0 atom stereocenters. The van der Waals surface area contributed by atoms with Crippen LogP contribution in [0.15, 0.2) is 18.2 Å². The summed E-state index contributed by atoms with van der Waals surface area (Å²) in [6, 6.07) is 5.68. The molecule has 0 aliphatic heterocycles. The molecule has 112 valence electrons. The summed E-state index contributed by atoms with van der Waals surface area (Å²) < 4.78 is 10.5. The number of benzene rings is 1. The summed E-state index contributed by atoms with van der Waals surface area (Å²) in [6.07, 6.45) is 1.02. The zero-order chi connectivity index (χ0) is 15.0. The van der Waals surface area contributed by atoms with Crippen LogP contribution in [0.5, 0.6) is 11.5 Å². The molecule has 5 heteroatoms. The molecule has 1 aromatic carbocycles. The van der Waals surface area contributed by atoms with Crippen molar-refractivity contribution in [2.75, 3.05) is 34.4 Å². The van der Waals surface area contributed by atoms with Crippen molar-refractivity contribution in [1.29, 1.82) is 0 Å². The predicted octanol–water partition coefficient (Wildman–Crippen LogP) is 1.66. The molecular formula is C15H24N2O3. The molecule has 20 heavy (non-hydrogen) atoms. The quantitative estimate of drug-likeness (QED) is 0.736. The summed E-state index contributed by atoms with van der Waals surface area (Å²) in [4.78, 5) is 13.6. The molecule has 0 radical (unpaired) electrons. The van der Waals surface area contributed by atoms with Gasteiger partial charge in [-0.05, 0) is 30.7 Å². The van der Waals surface area contributed by atoms with Gasteiger partial charge >= 0.3 is 0 Å². The summed E-state index contributed by atoms with van der Waals surface area (Å²) in [7, 11) is 5.00. The number of nitrogens with zero attached hydrogens (tertiary/aromatic N) is 1. The van der Waals surface area contributed by atoms with Gasteiger partial charge in [0, 0.05) is 13.6 Å². The molecule has 0 aliphatic carbocycles. The SMILES string of the molecule is CCCNCC(=O)N(C)Cc1ccc(OC)c(OC)c1. The third kappa shape index (κ3) is 4.74. The number of nitrogens with one attached hydrogen (secondary N) is 1. The molecule has 0 bridgehead atoms. The van der Waals surface area contributed by atoms with Gasteiger partial charge in [-0.3, -0.25) is 4.79 Å². The molecule has 0 saturated heterocycles. The Morgan fingerprint density at radius 3 is 2.55 bits per heavy atom. The third-order valence-electron chi connectivity index (χ3n) is 3.00. The first-order valence-electron chi connectivity index (χ1n) is 6.78. The lowest BCUT2D eigenvalue weighted by Crippen LogP contribution is -2.35. The highest BCUT2D eigenvalue weighted by Gasteiger charge is 2.10. The Kier molecular flexibility index (Phi) is 6.87. The molecular weight excluding hydrogens is 256 g/mol. The number of likely N-dealkylation sites (N-methyl/N-ethyl adjacent to an activating group) is 1. The van der Waals surface area contributed by atoms with E-state index in [4.69, 9.17) is 9.47 Å². The van der Waals surface area contributed by atoms with Crippen LogP contribution < -0.4 is 14.8 Å². The van der Waals surface area contributed by atoms with Crippen LogP contribution in [0.2, 0.25) is 0 Å². The maximum Gasteiger partial charge on any atom is 0.236 e. The summed E-state index contributed by atoms with van der Waals surface area (Å²) in [5.41, 5.74) is 1.01. The van der Waals surface area contributed by atoms with Crippen LogP contribution >= 0.6 is 0 Å². The molecule has 1 aromatic rings. The van der Waals surface area contributed by atoms with E-state index in [9.17, 15) is 4.79 Å². The highest BCUT2D eigenvalue weighted by Crippen LogP contribution is 2.27. The van der Waals surface area contributed by atoms with E-state index in [0.717, 1.165) is 18.5 Å². The maximum absolute atomic E-state index is 11.9. The Morgan fingerprint density at radius 1 is 1.25 bits per heavy atom. The first-order chi connectivity index (χ1) is 9.62. The van der Waals surface area contributed by atoms with Crippen molar-refractivity contribution in [3.8, 4) is 11.5 Å². The Labute approximate surface area is 120 Å². The zero-order valence-corrected chi connectivity index (χ0v) is 12.7. The van der Waals surface area contributed by atoms with Gasteiger partial charge in [-0.15, -0.1) is 0 Å². The van der Waals surface area contributed by atoms with Gasteiger partial charge in [0.15, 0.2) is 11.5 Å². The Bertz CT molecular complexity index is 435. The molecule has 0 unspecified atom stereocenters. The van der Waals surface area contributed by atoms with E-state index in [1.807, 2.05) is 18.2 Å². The van der Waals surface area contributed by atoms with Crippen LogP contribution in [0.4, 0.5) is 0 Å². The van der Waals surface area contributed by atoms with Crippen LogP contribution in [-0.4, -0.2) is 45.2 Å². The predicted molar refractivity (Wildman–Crippen MR) is 79.2 cm³/mol. The number of amides is 1. The van der Waals surface area contributed by atoms with Crippen molar-refractivity contribution in [3.05, 3.63) is 23.8 Å². The average Bonchev–Trinajstić information content (AvgIpc) is 2.47. The Balaban J connectivity index is 2.61. The van der Waals surface area contributed by atoms with Crippen molar-refractivity contribution in [1.82, 2.24) is 10.2 Å². The number of methoxy groups -OCH3 is 2. The molecule has 1 rings (SSSR count). The summed E-state index contributed by atoms with van der Waals surface area (Å²) in [5.74, 6) is 1.44. The van der Waals surface area contributed by atoms with Gasteiger partial charge in [-0.25, -0.2) is 0 Å². The summed E-state index contributed by atoms with van der Waals surface area (Å²) >= 11 is 0. The van der Waals surface area contributed by atoms with Crippen LogP contribution in [0.25, 0.3) is 0 Å². The average molecular weight is 280 g/mol. The maximum atomic E-state index is 11.9. The van der Waals surface area contributed by atoms with Gasteiger partial charge in [-0.2, -0.15) is 0 Å². The molecule has 1 N–H and O–H groups in total. The van der Waals surface area contributed by atoms with Gasteiger partial charge in [0.25, 0.3) is 0 Å². The number of hydrogen-bond donors (Lipinski definition) is 1. The van der Waals surface area contributed by atoms with Crippen molar-refractivity contribution < 1.29 is 14.3 Å². The van der Waals surface area contributed by atoms with Gasteiger partial charge in [0.05, 0.1) is 20.8 Å². The zero-order valence-electron chi connectivity index (χ0n) is 12.7.